The van der Waals surface area contributed by atoms with Crippen LogP contribution in [0, 0.1) is 0 Å². The summed E-state index contributed by atoms with van der Waals surface area (Å²) in [5, 5.41) is 2.11. The number of benzene rings is 1. The minimum atomic E-state index is -0.513. The molecule has 1 fully saturated rings. The molecule has 0 saturated carbocycles. The van der Waals surface area contributed by atoms with Crippen molar-refractivity contribution in [3.63, 3.8) is 0 Å². The number of ether oxygens (including phenoxy) is 2. The van der Waals surface area contributed by atoms with Crippen molar-refractivity contribution < 1.29 is 14.3 Å². The minimum absolute atomic E-state index is 0.302. The molecule has 7 heteroatoms. The molecule has 1 aliphatic heterocycles. The van der Waals surface area contributed by atoms with Gasteiger partial charge in [0.1, 0.15) is 6.61 Å². The van der Waals surface area contributed by atoms with Gasteiger partial charge < -0.3 is 15.2 Å². The fraction of sp³-hybridized carbons (Fsp3) is 0.444. The molecular weight excluding hydrogens is 338 g/mol. The molecule has 1 amide bonds. The van der Waals surface area contributed by atoms with Crippen LogP contribution in [0.5, 0.6) is 11.5 Å². The first-order valence-electron chi connectivity index (χ1n) is 8.46. The Kier molecular flexibility index (Phi) is 5.88. The zero-order valence-corrected chi connectivity index (χ0v) is 15.2. The van der Waals surface area contributed by atoms with Crippen LogP contribution in [0.15, 0.2) is 23.6 Å². The molecule has 3 rings (SSSR count). The second-order valence-corrected chi connectivity index (χ2v) is 6.88. The quantitative estimate of drug-likeness (QED) is 0.820. The Morgan fingerprint density at radius 1 is 1.28 bits per heavy atom. The highest BCUT2D eigenvalue weighted by Gasteiger charge is 2.13. The van der Waals surface area contributed by atoms with Crippen molar-refractivity contribution in [1.29, 1.82) is 0 Å². The average molecular weight is 361 g/mol. The van der Waals surface area contributed by atoms with Gasteiger partial charge in [0, 0.05) is 17.5 Å². The van der Waals surface area contributed by atoms with Gasteiger partial charge in [0.2, 0.25) is 0 Å². The molecule has 6 nitrogen and oxygen atoms in total. The van der Waals surface area contributed by atoms with Crippen LogP contribution in [0.2, 0.25) is 0 Å². The van der Waals surface area contributed by atoms with Crippen molar-refractivity contribution in [2.24, 2.45) is 5.73 Å². The van der Waals surface area contributed by atoms with Crippen LogP contribution in [-0.2, 0) is 0 Å². The number of likely N-dealkylation sites (tertiary alicyclic amines) is 1. The van der Waals surface area contributed by atoms with E-state index in [1.165, 1.54) is 30.6 Å². The van der Waals surface area contributed by atoms with E-state index in [-0.39, 0.29) is 0 Å². The van der Waals surface area contributed by atoms with Gasteiger partial charge in [-0.15, -0.1) is 11.3 Å². The first kappa shape index (κ1) is 17.7. The Hall–Kier alpha value is -2.12. The van der Waals surface area contributed by atoms with Crippen LogP contribution in [0.3, 0.4) is 0 Å². The molecule has 0 atom stereocenters. The Balaban J connectivity index is 1.65. The summed E-state index contributed by atoms with van der Waals surface area (Å²) in [6.45, 7) is 3.88. The van der Waals surface area contributed by atoms with Gasteiger partial charge in [-0.1, -0.05) is 6.42 Å². The summed E-state index contributed by atoms with van der Waals surface area (Å²) in [4.78, 5) is 17.9. The van der Waals surface area contributed by atoms with Crippen molar-refractivity contribution in [2.75, 3.05) is 33.4 Å². The van der Waals surface area contributed by atoms with Crippen molar-refractivity contribution in [2.45, 2.75) is 19.3 Å². The molecule has 1 aliphatic rings. The Labute approximate surface area is 151 Å². The summed E-state index contributed by atoms with van der Waals surface area (Å²) in [5.74, 6) is 0.860. The van der Waals surface area contributed by atoms with Gasteiger partial charge in [-0.2, -0.15) is 0 Å². The number of thiazole rings is 1. The molecule has 0 radical (unpaired) electrons. The number of rotatable bonds is 7. The molecule has 0 bridgehead atoms. The summed E-state index contributed by atoms with van der Waals surface area (Å²) in [6, 6.07) is 5.67. The van der Waals surface area contributed by atoms with Crippen molar-refractivity contribution in [3.8, 4) is 22.8 Å². The van der Waals surface area contributed by atoms with E-state index in [9.17, 15) is 4.79 Å². The fourth-order valence-electron chi connectivity index (χ4n) is 2.93. The zero-order valence-electron chi connectivity index (χ0n) is 14.4. The molecular formula is C18H23N3O3S. The van der Waals surface area contributed by atoms with E-state index in [1.54, 1.807) is 7.11 Å². The predicted octanol–water partition coefficient (Wildman–Crippen LogP) is 2.78. The van der Waals surface area contributed by atoms with Crippen LogP contribution in [0.25, 0.3) is 11.3 Å². The molecule has 1 saturated heterocycles. The number of hydrogen-bond acceptors (Lipinski definition) is 6. The molecule has 1 aromatic heterocycles. The lowest BCUT2D eigenvalue weighted by molar-refractivity contribution is 0.1000. The van der Waals surface area contributed by atoms with Crippen LogP contribution in [0.1, 0.15) is 29.1 Å². The van der Waals surface area contributed by atoms with Crippen LogP contribution in [-0.4, -0.2) is 49.1 Å². The Morgan fingerprint density at radius 3 is 2.76 bits per heavy atom. The van der Waals surface area contributed by atoms with E-state index in [1.807, 2.05) is 23.6 Å². The maximum atomic E-state index is 11.2. The fourth-order valence-corrected chi connectivity index (χ4v) is 3.61. The van der Waals surface area contributed by atoms with Crippen LogP contribution >= 0.6 is 11.3 Å². The Bertz CT molecular complexity index is 726. The largest absolute Gasteiger partial charge is 0.493 e. The third-order valence-electron chi connectivity index (χ3n) is 4.29. The molecule has 1 aromatic carbocycles. The molecule has 2 heterocycles. The number of carbonyl (C=O) groups excluding carboxylic acids is 1. The Morgan fingerprint density at radius 2 is 2.08 bits per heavy atom. The number of nitrogens with zero attached hydrogens (tertiary/aromatic N) is 2. The second kappa shape index (κ2) is 8.31. The van der Waals surface area contributed by atoms with Gasteiger partial charge in [-0.25, -0.2) is 4.98 Å². The SMILES string of the molecule is COc1cc(-c2csc(C(N)=O)n2)ccc1OCCN1CCCCC1. The van der Waals surface area contributed by atoms with Gasteiger partial charge in [0.15, 0.2) is 16.5 Å². The summed E-state index contributed by atoms with van der Waals surface area (Å²) in [5.41, 5.74) is 6.83. The third kappa shape index (κ3) is 4.49. The first-order chi connectivity index (χ1) is 12.2. The summed E-state index contributed by atoms with van der Waals surface area (Å²) >= 11 is 1.24. The highest BCUT2D eigenvalue weighted by Crippen LogP contribution is 2.33. The number of aromatic nitrogens is 1. The number of primary amides is 1. The molecule has 0 aliphatic carbocycles. The summed E-state index contributed by atoms with van der Waals surface area (Å²) < 4.78 is 11.4. The predicted molar refractivity (Wildman–Crippen MR) is 98.4 cm³/mol. The lowest BCUT2D eigenvalue weighted by Gasteiger charge is -2.26. The van der Waals surface area contributed by atoms with Crippen LogP contribution in [0.4, 0.5) is 0 Å². The molecule has 0 spiro atoms. The minimum Gasteiger partial charge on any atom is -0.493 e. The number of carbonyl (C=O) groups is 1. The van der Waals surface area contributed by atoms with Gasteiger partial charge in [-0.05, 0) is 44.1 Å². The smallest absolute Gasteiger partial charge is 0.277 e. The standard InChI is InChI=1S/C18H23N3O3S/c1-23-16-11-13(14-12-25-18(20-14)17(19)22)5-6-15(16)24-10-9-21-7-3-2-4-8-21/h5-6,11-12H,2-4,7-10H2,1H3,(H2,19,22). The molecule has 0 unspecified atom stereocenters. The number of nitrogens with two attached hydrogens (primary N) is 1. The number of piperidine rings is 1. The van der Waals surface area contributed by atoms with E-state index in [0.29, 0.717) is 28.8 Å². The highest BCUT2D eigenvalue weighted by molar-refractivity contribution is 7.12. The second-order valence-electron chi connectivity index (χ2n) is 6.02. The number of methoxy groups -OCH3 is 1. The van der Waals surface area contributed by atoms with Crippen molar-refractivity contribution >= 4 is 17.2 Å². The van der Waals surface area contributed by atoms with E-state index in [2.05, 4.69) is 9.88 Å². The molecule has 25 heavy (non-hydrogen) atoms. The van der Waals surface area contributed by atoms with E-state index in [0.717, 1.165) is 25.2 Å². The molecule has 134 valence electrons. The average Bonchev–Trinajstić information content (AvgIpc) is 3.13. The maximum absolute atomic E-state index is 11.2. The highest BCUT2D eigenvalue weighted by atomic mass is 32.1. The number of amides is 1. The van der Waals surface area contributed by atoms with E-state index in [4.69, 9.17) is 15.2 Å². The number of hydrogen-bond donors (Lipinski definition) is 1. The van der Waals surface area contributed by atoms with E-state index >= 15 is 0 Å². The molecule has 2 aromatic rings. The van der Waals surface area contributed by atoms with E-state index < -0.39 is 5.91 Å². The van der Waals surface area contributed by atoms with Gasteiger partial charge >= 0.3 is 0 Å². The van der Waals surface area contributed by atoms with Crippen molar-refractivity contribution in [1.82, 2.24) is 9.88 Å². The normalized spacial score (nSPS) is 15.1. The maximum Gasteiger partial charge on any atom is 0.277 e. The summed E-state index contributed by atoms with van der Waals surface area (Å²) in [6.07, 6.45) is 3.89. The molecule has 2 N–H and O–H groups in total. The lowest BCUT2D eigenvalue weighted by Crippen LogP contribution is -2.33. The topological polar surface area (TPSA) is 77.7 Å². The monoisotopic (exact) mass is 361 g/mol. The summed E-state index contributed by atoms with van der Waals surface area (Å²) in [7, 11) is 1.62. The lowest BCUT2D eigenvalue weighted by atomic mass is 10.1. The van der Waals surface area contributed by atoms with Crippen LogP contribution < -0.4 is 15.2 Å². The zero-order chi connectivity index (χ0) is 17.6. The van der Waals surface area contributed by atoms with Gasteiger partial charge in [0.05, 0.1) is 12.8 Å². The van der Waals surface area contributed by atoms with Crippen molar-refractivity contribution in [3.05, 3.63) is 28.6 Å². The first-order valence-corrected chi connectivity index (χ1v) is 9.34. The third-order valence-corrected chi connectivity index (χ3v) is 5.14. The van der Waals surface area contributed by atoms with Gasteiger partial charge in [0.25, 0.3) is 5.91 Å². The van der Waals surface area contributed by atoms with Gasteiger partial charge in [-0.3, -0.25) is 9.69 Å².